The van der Waals surface area contributed by atoms with Crippen molar-refractivity contribution in [2.75, 3.05) is 26.7 Å². The zero-order valence-corrected chi connectivity index (χ0v) is 19.6. The summed E-state index contributed by atoms with van der Waals surface area (Å²) in [5.41, 5.74) is 3.07. The lowest BCUT2D eigenvalue weighted by atomic mass is 10.0. The first kappa shape index (κ1) is 23.0. The van der Waals surface area contributed by atoms with E-state index in [-0.39, 0.29) is 12.5 Å². The zero-order chi connectivity index (χ0) is 22.3. The lowest BCUT2D eigenvalue weighted by Gasteiger charge is -2.22. The molecule has 0 aliphatic carbocycles. The Bertz CT molecular complexity index is 962. The van der Waals surface area contributed by atoms with Crippen LogP contribution in [0, 0.1) is 0 Å². The second kappa shape index (κ2) is 10.6. The number of hydrogen-bond acceptors (Lipinski definition) is 5. The number of benzene rings is 2. The maximum atomic E-state index is 12.0. The summed E-state index contributed by atoms with van der Waals surface area (Å²) < 4.78 is 11.5. The molecule has 164 valence electrons. The Hall–Kier alpha value is -2.63. The van der Waals surface area contributed by atoms with Crippen LogP contribution in [0.4, 0.5) is 0 Å². The molecule has 31 heavy (non-hydrogen) atoms. The van der Waals surface area contributed by atoms with Crippen molar-refractivity contribution in [1.82, 2.24) is 4.90 Å². The third-order valence-electron chi connectivity index (χ3n) is 4.66. The van der Waals surface area contributed by atoms with Crippen LogP contribution in [0.2, 0.25) is 0 Å². The monoisotopic (exact) mass is 437 g/mol. The SMILES string of the molecule is CN(CCOc1ccc(-c2ccccc2)cc1Cc1cccs1)CC(=O)OC(C)(C)C. The maximum absolute atomic E-state index is 12.0. The van der Waals surface area contributed by atoms with Crippen LogP contribution in [0.15, 0.2) is 66.0 Å². The molecule has 0 saturated heterocycles. The first-order valence-electron chi connectivity index (χ1n) is 10.5. The van der Waals surface area contributed by atoms with Gasteiger partial charge in [-0.15, -0.1) is 11.3 Å². The number of carbonyl (C=O) groups excluding carboxylic acids is 1. The van der Waals surface area contributed by atoms with Crippen LogP contribution < -0.4 is 4.74 Å². The Morgan fingerprint density at radius 3 is 2.45 bits per heavy atom. The van der Waals surface area contributed by atoms with Crippen LogP contribution in [-0.2, 0) is 16.0 Å². The predicted molar refractivity (Wildman–Crippen MR) is 128 cm³/mol. The average molecular weight is 438 g/mol. The molecule has 0 fully saturated rings. The van der Waals surface area contributed by atoms with Gasteiger partial charge in [-0.25, -0.2) is 0 Å². The Kier molecular flexibility index (Phi) is 7.88. The van der Waals surface area contributed by atoms with Gasteiger partial charge in [-0.2, -0.15) is 0 Å². The minimum atomic E-state index is -0.467. The van der Waals surface area contributed by atoms with Crippen molar-refractivity contribution in [3.8, 4) is 16.9 Å². The van der Waals surface area contributed by atoms with E-state index >= 15 is 0 Å². The maximum Gasteiger partial charge on any atom is 0.320 e. The van der Waals surface area contributed by atoms with Gasteiger partial charge in [-0.1, -0.05) is 42.5 Å². The fraction of sp³-hybridized carbons (Fsp3) is 0.346. The number of ether oxygens (including phenoxy) is 2. The Morgan fingerprint density at radius 1 is 1.00 bits per heavy atom. The van der Waals surface area contributed by atoms with E-state index in [0.717, 1.165) is 12.2 Å². The van der Waals surface area contributed by atoms with Gasteiger partial charge in [-0.05, 0) is 68.1 Å². The number of hydrogen-bond donors (Lipinski definition) is 0. The first-order valence-corrected chi connectivity index (χ1v) is 11.4. The number of thiophene rings is 1. The van der Waals surface area contributed by atoms with Crippen molar-refractivity contribution < 1.29 is 14.3 Å². The van der Waals surface area contributed by atoms with Crippen LogP contribution in [-0.4, -0.2) is 43.2 Å². The predicted octanol–water partition coefficient (Wildman–Crippen LogP) is 5.66. The molecule has 4 nitrogen and oxygen atoms in total. The molecule has 0 radical (unpaired) electrons. The summed E-state index contributed by atoms with van der Waals surface area (Å²) in [6, 6.07) is 21.0. The largest absolute Gasteiger partial charge is 0.492 e. The van der Waals surface area contributed by atoms with Crippen LogP contribution in [0.1, 0.15) is 31.2 Å². The third-order valence-corrected chi connectivity index (χ3v) is 5.54. The van der Waals surface area contributed by atoms with Gasteiger partial charge in [0.2, 0.25) is 0 Å². The van der Waals surface area contributed by atoms with Crippen LogP contribution >= 0.6 is 11.3 Å². The van der Waals surface area contributed by atoms with Gasteiger partial charge in [-0.3, -0.25) is 9.69 Å². The van der Waals surface area contributed by atoms with Crippen molar-refractivity contribution in [1.29, 1.82) is 0 Å². The summed E-state index contributed by atoms with van der Waals surface area (Å²) in [5.74, 6) is 0.666. The molecular formula is C26H31NO3S. The van der Waals surface area contributed by atoms with Crippen molar-refractivity contribution in [3.63, 3.8) is 0 Å². The molecule has 0 spiro atoms. The van der Waals surface area contributed by atoms with Gasteiger partial charge in [0.15, 0.2) is 0 Å². The third kappa shape index (κ3) is 7.53. The quantitative estimate of drug-likeness (QED) is 0.405. The summed E-state index contributed by atoms with van der Waals surface area (Å²) in [5, 5.41) is 2.10. The van der Waals surface area contributed by atoms with Gasteiger partial charge in [0.25, 0.3) is 0 Å². The fourth-order valence-electron chi connectivity index (χ4n) is 3.25. The second-order valence-corrected chi connectivity index (χ2v) is 9.65. The highest BCUT2D eigenvalue weighted by Crippen LogP contribution is 2.29. The van der Waals surface area contributed by atoms with Crippen molar-refractivity contribution in [2.24, 2.45) is 0 Å². The molecule has 0 atom stereocenters. The number of carbonyl (C=O) groups is 1. The highest BCUT2D eigenvalue weighted by molar-refractivity contribution is 7.09. The normalized spacial score (nSPS) is 11.5. The molecule has 0 aliphatic heterocycles. The van der Waals surface area contributed by atoms with Crippen molar-refractivity contribution in [2.45, 2.75) is 32.8 Å². The van der Waals surface area contributed by atoms with E-state index in [2.05, 4.69) is 60.0 Å². The standard InChI is InChI=1S/C26H31NO3S/c1-26(2,3)30-25(28)19-27(4)14-15-29-24-13-12-21(20-9-6-5-7-10-20)17-22(24)18-23-11-8-16-31-23/h5-13,16-17H,14-15,18-19H2,1-4H3. The molecule has 0 amide bonds. The van der Waals surface area contributed by atoms with Crippen LogP contribution in [0.5, 0.6) is 5.75 Å². The summed E-state index contributed by atoms with van der Waals surface area (Å²) in [7, 11) is 1.90. The Morgan fingerprint density at radius 2 is 1.77 bits per heavy atom. The molecule has 1 heterocycles. The van der Waals surface area contributed by atoms with Gasteiger partial charge >= 0.3 is 5.97 Å². The number of rotatable bonds is 9. The number of likely N-dealkylation sites (N-methyl/N-ethyl adjacent to an activating group) is 1. The smallest absolute Gasteiger partial charge is 0.320 e. The van der Waals surface area contributed by atoms with Gasteiger partial charge in [0.1, 0.15) is 18.0 Å². The summed E-state index contributed by atoms with van der Waals surface area (Å²) in [6.45, 7) is 7.02. The van der Waals surface area contributed by atoms with E-state index in [1.807, 2.05) is 38.8 Å². The van der Waals surface area contributed by atoms with Crippen LogP contribution in [0.3, 0.4) is 0 Å². The molecule has 2 aromatic carbocycles. The van der Waals surface area contributed by atoms with E-state index in [1.165, 1.54) is 21.6 Å². The van der Waals surface area contributed by atoms with Gasteiger partial charge in [0, 0.05) is 17.8 Å². The summed E-state index contributed by atoms with van der Waals surface area (Å²) in [4.78, 5) is 15.2. The van der Waals surface area contributed by atoms with E-state index in [4.69, 9.17) is 9.47 Å². The lowest BCUT2D eigenvalue weighted by Crippen LogP contribution is -2.34. The lowest BCUT2D eigenvalue weighted by molar-refractivity contribution is -0.155. The first-order chi connectivity index (χ1) is 14.8. The highest BCUT2D eigenvalue weighted by Gasteiger charge is 2.17. The Labute approximate surface area is 189 Å². The molecule has 3 aromatic rings. The molecule has 0 unspecified atom stereocenters. The Balaban J connectivity index is 1.65. The molecule has 0 N–H and O–H groups in total. The van der Waals surface area contributed by atoms with E-state index < -0.39 is 5.60 Å². The second-order valence-electron chi connectivity index (χ2n) is 8.62. The van der Waals surface area contributed by atoms with E-state index in [9.17, 15) is 4.79 Å². The van der Waals surface area contributed by atoms with E-state index in [1.54, 1.807) is 11.3 Å². The molecule has 0 bridgehead atoms. The summed E-state index contributed by atoms with van der Waals surface area (Å²) in [6.07, 6.45) is 0.835. The molecule has 3 rings (SSSR count). The van der Waals surface area contributed by atoms with Crippen molar-refractivity contribution in [3.05, 3.63) is 76.5 Å². The number of esters is 1. The average Bonchev–Trinajstić information content (AvgIpc) is 3.21. The van der Waals surface area contributed by atoms with Crippen LogP contribution in [0.25, 0.3) is 11.1 Å². The molecule has 0 saturated carbocycles. The fourth-order valence-corrected chi connectivity index (χ4v) is 3.98. The zero-order valence-electron chi connectivity index (χ0n) is 18.8. The van der Waals surface area contributed by atoms with Crippen molar-refractivity contribution >= 4 is 17.3 Å². The summed E-state index contributed by atoms with van der Waals surface area (Å²) >= 11 is 1.75. The minimum absolute atomic E-state index is 0.222. The molecule has 5 heteroatoms. The minimum Gasteiger partial charge on any atom is -0.492 e. The topological polar surface area (TPSA) is 38.8 Å². The molecular weight excluding hydrogens is 406 g/mol. The molecule has 0 aliphatic rings. The number of nitrogens with zero attached hydrogens (tertiary/aromatic N) is 1. The van der Waals surface area contributed by atoms with E-state index in [0.29, 0.717) is 13.2 Å². The highest BCUT2D eigenvalue weighted by atomic mass is 32.1. The van der Waals surface area contributed by atoms with Gasteiger partial charge < -0.3 is 9.47 Å². The molecule has 1 aromatic heterocycles. The van der Waals surface area contributed by atoms with Gasteiger partial charge in [0.05, 0.1) is 6.54 Å².